The molecule has 0 radical (unpaired) electrons. The Morgan fingerprint density at radius 3 is 2.40 bits per heavy atom. The number of aryl methyl sites for hydroxylation is 1. The van der Waals surface area contributed by atoms with Crippen LogP contribution in [0.1, 0.15) is 49.1 Å². The zero-order valence-corrected chi connectivity index (χ0v) is 12.1. The minimum absolute atomic E-state index is 0.751. The average molecular weight is 266 g/mol. The molecule has 1 aliphatic carbocycles. The number of aromatic nitrogens is 1. The number of hydrogen-bond donors (Lipinski definition) is 1. The molecule has 0 bridgehead atoms. The molecule has 1 aromatic carbocycles. The van der Waals surface area contributed by atoms with Crippen LogP contribution in [0.3, 0.4) is 0 Å². The fraction of sp³-hybridized carbons (Fsp3) is 0.389. The normalized spacial score (nSPS) is 16.2. The Morgan fingerprint density at radius 2 is 1.75 bits per heavy atom. The molecular formula is C18H22N2. The van der Waals surface area contributed by atoms with E-state index in [1.165, 1.54) is 37.7 Å². The monoisotopic (exact) mass is 266 g/mol. The van der Waals surface area contributed by atoms with Crippen molar-refractivity contribution in [2.24, 2.45) is 0 Å². The lowest BCUT2D eigenvalue weighted by Gasteiger charge is -2.22. The Morgan fingerprint density at radius 1 is 1.05 bits per heavy atom. The Kier molecular flexibility index (Phi) is 3.72. The molecule has 1 fully saturated rings. The van der Waals surface area contributed by atoms with Gasteiger partial charge in [0.25, 0.3) is 0 Å². The van der Waals surface area contributed by atoms with Crippen LogP contribution in [-0.4, -0.2) is 4.98 Å². The summed E-state index contributed by atoms with van der Waals surface area (Å²) in [6, 6.07) is 10.8. The molecule has 3 rings (SSSR count). The van der Waals surface area contributed by atoms with Crippen LogP contribution >= 0.6 is 0 Å². The minimum atomic E-state index is 0.751. The minimum Gasteiger partial charge on any atom is -0.397 e. The van der Waals surface area contributed by atoms with Crippen molar-refractivity contribution in [1.29, 1.82) is 0 Å². The van der Waals surface area contributed by atoms with Crippen LogP contribution in [0.15, 0.2) is 36.5 Å². The van der Waals surface area contributed by atoms with E-state index < -0.39 is 0 Å². The van der Waals surface area contributed by atoms with Gasteiger partial charge in [0.15, 0.2) is 0 Å². The van der Waals surface area contributed by atoms with E-state index in [4.69, 9.17) is 5.73 Å². The summed E-state index contributed by atoms with van der Waals surface area (Å²) in [6.45, 7) is 2.01. The van der Waals surface area contributed by atoms with Gasteiger partial charge in [-0.05, 0) is 42.9 Å². The van der Waals surface area contributed by atoms with Crippen LogP contribution in [-0.2, 0) is 0 Å². The van der Waals surface area contributed by atoms with E-state index in [0.29, 0.717) is 0 Å². The van der Waals surface area contributed by atoms with Crippen molar-refractivity contribution < 1.29 is 0 Å². The number of benzene rings is 1. The van der Waals surface area contributed by atoms with Gasteiger partial charge in [0.2, 0.25) is 0 Å². The number of nitrogen functional groups attached to an aromatic ring is 1. The topological polar surface area (TPSA) is 38.9 Å². The molecule has 20 heavy (non-hydrogen) atoms. The number of hydrogen-bond acceptors (Lipinski definition) is 2. The quantitative estimate of drug-likeness (QED) is 0.856. The summed E-state index contributed by atoms with van der Waals surface area (Å²) in [5, 5.41) is 0. The van der Waals surface area contributed by atoms with Crippen molar-refractivity contribution in [1.82, 2.24) is 4.98 Å². The fourth-order valence-corrected chi connectivity index (χ4v) is 3.18. The molecule has 1 aliphatic rings. The van der Waals surface area contributed by atoms with Crippen molar-refractivity contribution >= 4 is 5.69 Å². The van der Waals surface area contributed by atoms with Gasteiger partial charge in [-0.25, -0.2) is 0 Å². The van der Waals surface area contributed by atoms with E-state index in [1.54, 1.807) is 0 Å². The third kappa shape index (κ3) is 2.69. The van der Waals surface area contributed by atoms with Gasteiger partial charge in [0.1, 0.15) is 0 Å². The number of pyridine rings is 1. The maximum absolute atomic E-state index is 6.07. The predicted octanol–water partition coefficient (Wildman–Crippen LogP) is 4.69. The molecule has 104 valence electrons. The first kappa shape index (κ1) is 13.2. The van der Waals surface area contributed by atoms with Gasteiger partial charge >= 0.3 is 0 Å². The molecule has 1 heterocycles. The Labute approximate surface area is 121 Å². The summed E-state index contributed by atoms with van der Waals surface area (Å²) in [6.07, 6.45) is 8.70. The summed E-state index contributed by atoms with van der Waals surface area (Å²) < 4.78 is 0. The van der Waals surface area contributed by atoms with E-state index in [9.17, 15) is 0 Å². The maximum atomic E-state index is 6.07. The van der Waals surface area contributed by atoms with E-state index in [1.807, 2.05) is 19.2 Å². The molecule has 0 unspecified atom stereocenters. The Hall–Kier alpha value is -1.83. The average Bonchev–Trinajstić information content (AvgIpc) is 2.48. The van der Waals surface area contributed by atoms with Gasteiger partial charge in [-0.15, -0.1) is 0 Å². The first-order chi connectivity index (χ1) is 9.74. The Balaban J connectivity index is 1.85. The van der Waals surface area contributed by atoms with Crippen LogP contribution in [0.25, 0.3) is 11.3 Å². The van der Waals surface area contributed by atoms with Gasteiger partial charge in [-0.2, -0.15) is 0 Å². The molecule has 1 aromatic heterocycles. The van der Waals surface area contributed by atoms with Crippen molar-refractivity contribution in [3.63, 3.8) is 0 Å². The number of nitrogens with two attached hydrogens (primary N) is 1. The molecule has 0 aliphatic heterocycles. The SMILES string of the molecule is Cc1cnc(-c2ccc(C3CCCCC3)cc2)c(N)c1. The molecule has 0 saturated heterocycles. The highest BCUT2D eigenvalue weighted by molar-refractivity contribution is 5.72. The van der Waals surface area contributed by atoms with E-state index >= 15 is 0 Å². The van der Waals surface area contributed by atoms with Crippen molar-refractivity contribution in [2.75, 3.05) is 5.73 Å². The van der Waals surface area contributed by atoms with Crippen LogP contribution < -0.4 is 5.73 Å². The fourth-order valence-electron chi connectivity index (χ4n) is 3.18. The zero-order chi connectivity index (χ0) is 13.9. The molecule has 2 aromatic rings. The van der Waals surface area contributed by atoms with Crippen LogP contribution in [0.5, 0.6) is 0 Å². The van der Waals surface area contributed by atoms with Crippen molar-refractivity contribution in [2.45, 2.75) is 44.9 Å². The smallest absolute Gasteiger partial charge is 0.0931 e. The molecule has 2 heteroatoms. The van der Waals surface area contributed by atoms with E-state index in [2.05, 4.69) is 29.2 Å². The van der Waals surface area contributed by atoms with E-state index in [0.717, 1.165) is 28.4 Å². The van der Waals surface area contributed by atoms with Crippen molar-refractivity contribution in [3.05, 3.63) is 47.7 Å². The molecule has 2 N–H and O–H groups in total. The van der Waals surface area contributed by atoms with Gasteiger partial charge in [0.05, 0.1) is 11.4 Å². The lowest BCUT2D eigenvalue weighted by atomic mass is 9.84. The van der Waals surface area contributed by atoms with Gasteiger partial charge in [0, 0.05) is 11.8 Å². The van der Waals surface area contributed by atoms with Gasteiger partial charge in [-0.1, -0.05) is 43.5 Å². The summed E-state index contributed by atoms with van der Waals surface area (Å²) in [4.78, 5) is 4.47. The number of rotatable bonds is 2. The molecule has 0 atom stereocenters. The third-order valence-electron chi connectivity index (χ3n) is 4.31. The highest BCUT2D eigenvalue weighted by atomic mass is 14.7. The second-order valence-corrected chi connectivity index (χ2v) is 5.91. The number of nitrogens with zero attached hydrogens (tertiary/aromatic N) is 1. The van der Waals surface area contributed by atoms with Crippen LogP contribution in [0.2, 0.25) is 0 Å². The molecule has 1 saturated carbocycles. The van der Waals surface area contributed by atoms with Crippen LogP contribution in [0.4, 0.5) is 5.69 Å². The zero-order valence-electron chi connectivity index (χ0n) is 12.1. The van der Waals surface area contributed by atoms with Crippen molar-refractivity contribution in [3.8, 4) is 11.3 Å². The second-order valence-electron chi connectivity index (χ2n) is 5.91. The third-order valence-corrected chi connectivity index (χ3v) is 4.31. The van der Waals surface area contributed by atoms with E-state index in [-0.39, 0.29) is 0 Å². The van der Waals surface area contributed by atoms with Gasteiger partial charge in [-0.3, -0.25) is 4.98 Å². The predicted molar refractivity (Wildman–Crippen MR) is 84.6 cm³/mol. The largest absolute Gasteiger partial charge is 0.397 e. The lowest BCUT2D eigenvalue weighted by molar-refractivity contribution is 0.443. The lowest BCUT2D eigenvalue weighted by Crippen LogP contribution is -2.04. The summed E-state index contributed by atoms with van der Waals surface area (Å²) in [5.41, 5.74) is 11.4. The summed E-state index contributed by atoms with van der Waals surface area (Å²) in [7, 11) is 0. The van der Waals surface area contributed by atoms with Crippen LogP contribution in [0, 0.1) is 6.92 Å². The highest BCUT2D eigenvalue weighted by Crippen LogP contribution is 2.34. The summed E-state index contributed by atoms with van der Waals surface area (Å²) in [5.74, 6) is 0.751. The molecular weight excluding hydrogens is 244 g/mol. The Bertz CT molecular complexity index is 581. The highest BCUT2D eigenvalue weighted by Gasteiger charge is 2.15. The summed E-state index contributed by atoms with van der Waals surface area (Å²) >= 11 is 0. The van der Waals surface area contributed by atoms with Gasteiger partial charge < -0.3 is 5.73 Å². The first-order valence-electron chi connectivity index (χ1n) is 7.56. The first-order valence-corrected chi connectivity index (χ1v) is 7.56. The molecule has 2 nitrogen and oxygen atoms in total. The maximum Gasteiger partial charge on any atom is 0.0931 e. The molecule has 0 amide bonds. The second kappa shape index (κ2) is 5.66. The standard InChI is InChI=1S/C18H22N2/c1-13-11-17(19)18(20-12-13)16-9-7-15(8-10-16)14-5-3-2-4-6-14/h7-12,14H,2-6,19H2,1H3. The molecule has 0 spiro atoms. The number of anilines is 1.